The molecule has 0 aromatic heterocycles. The Balaban J connectivity index is 1.58. The molecule has 0 saturated carbocycles. The monoisotopic (exact) mass is 573 g/mol. The number of hydrogen-bond donors (Lipinski definition) is 0. The smallest absolute Gasteiger partial charge is 0.185 e. The largest absolute Gasteiger partial charge is 0.493 e. The fraction of sp³-hybridized carbons (Fsp3) is 0.194. The summed E-state index contributed by atoms with van der Waals surface area (Å²) in [6.45, 7) is 1.94. The number of hydrogen-bond acceptors (Lipinski definition) is 6. The van der Waals surface area contributed by atoms with Crippen LogP contribution in [0, 0.1) is 18.2 Å². The van der Waals surface area contributed by atoms with Gasteiger partial charge in [-0.2, -0.15) is 0 Å². The molecule has 3 aliphatic rings. The van der Waals surface area contributed by atoms with Gasteiger partial charge < -0.3 is 14.4 Å². The van der Waals surface area contributed by atoms with Crippen molar-refractivity contribution in [3.05, 3.63) is 130 Å². The number of carbonyl (C=O) groups excluding carboxylic acids is 3. The summed E-state index contributed by atoms with van der Waals surface area (Å²) >= 11 is 0. The van der Waals surface area contributed by atoms with E-state index in [1.54, 1.807) is 72.8 Å². The van der Waals surface area contributed by atoms with Crippen molar-refractivity contribution in [1.29, 1.82) is 0 Å². The molecule has 214 valence electrons. The van der Waals surface area contributed by atoms with E-state index in [9.17, 15) is 18.8 Å². The number of fused-ring (bicyclic) bond motifs is 5. The first-order chi connectivity index (χ1) is 20.8. The van der Waals surface area contributed by atoms with Crippen molar-refractivity contribution in [1.82, 2.24) is 0 Å². The van der Waals surface area contributed by atoms with Gasteiger partial charge in [0.25, 0.3) is 0 Å². The summed E-state index contributed by atoms with van der Waals surface area (Å²) in [5.41, 5.74) is 1.99. The summed E-state index contributed by atoms with van der Waals surface area (Å²) in [6.07, 6.45) is 3.51. The Morgan fingerprint density at radius 3 is 2.21 bits per heavy atom. The number of aryl methyl sites for hydroxylation is 1. The van der Waals surface area contributed by atoms with Gasteiger partial charge in [-0.05, 0) is 31.2 Å². The van der Waals surface area contributed by atoms with Crippen molar-refractivity contribution in [2.75, 3.05) is 19.1 Å². The van der Waals surface area contributed by atoms with E-state index in [0.29, 0.717) is 45.0 Å². The number of para-hydroxylation sites is 1. The standard InChI is InChI=1S/C36H28FNO5/c1-20-11-13-21(14-12-20)32(39)31-30(26-9-6-10-28(42-2)33(26)43-3)36(34(40)24-7-4-5-8-25(24)35(36)41)29-18-15-22-19-23(37)16-17-27(22)38(29)31/h4-19,29-31H,1-3H3/t29-,30+,31-/m1/s1. The van der Waals surface area contributed by atoms with Crippen LogP contribution in [0.5, 0.6) is 11.5 Å². The molecule has 0 bridgehead atoms. The zero-order chi connectivity index (χ0) is 30.0. The fourth-order valence-corrected chi connectivity index (χ4v) is 7.34. The second-order valence-corrected chi connectivity index (χ2v) is 11.2. The van der Waals surface area contributed by atoms with E-state index >= 15 is 0 Å². The van der Waals surface area contributed by atoms with Crippen molar-refractivity contribution in [3.8, 4) is 11.5 Å². The molecule has 0 radical (unpaired) electrons. The number of ether oxygens (including phenoxy) is 2. The Morgan fingerprint density at radius 2 is 1.56 bits per heavy atom. The van der Waals surface area contributed by atoms with E-state index in [1.807, 2.05) is 24.0 Å². The Labute approximate surface area is 248 Å². The van der Waals surface area contributed by atoms with E-state index in [2.05, 4.69) is 0 Å². The predicted molar refractivity (Wildman–Crippen MR) is 161 cm³/mol. The second kappa shape index (κ2) is 9.76. The van der Waals surface area contributed by atoms with Crippen LogP contribution in [0.4, 0.5) is 10.1 Å². The molecule has 4 aromatic rings. The van der Waals surface area contributed by atoms with Gasteiger partial charge in [-0.1, -0.05) is 78.4 Å². The lowest BCUT2D eigenvalue weighted by molar-refractivity contribution is 0.0664. The number of rotatable bonds is 5. The maximum absolute atomic E-state index is 14.8. The van der Waals surface area contributed by atoms with Gasteiger partial charge in [0.05, 0.1) is 20.3 Å². The molecule has 3 atom stereocenters. The lowest BCUT2D eigenvalue weighted by atomic mass is 9.64. The number of methoxy groups -OCH3 is 2. The average Bonchev–Trinajstić information content (AvgIpc) is 3.46. The van der Waals surface area contributed by atoms with Crippen LogP contribution < -0.4 is 14.4 Å². The Bertz CT molecular complexity index is 1830. The van der Waals surface area contributed by atoms with Crippen LogP contribution in [0.3, 0.4) is 0 Å². The minimum Gasteiger partial charge on any atom is -0.493 e. The third-order valence-corrected chi connectivity index (χ3v) is 9.14. The second-order valence-electron chi connectivity index (χ2n) is 11.2. The molecule has 1 fully saturated rings. The number of carbonyl (C=O) groups is 3. The molecule has 0 N–H and O–H groups in total. The molecule has 0 amide bonds. The molecular weight excluding hydrogens is 545 g/mol. The fourth-order valence-electron chi connectivity index (χ4n) is 7.34. The van der Waals surface area contributed by atoms with Crippen molar-refractivity contribution >= 4 is 29.1 Å². The van der Waals surface area contributed by atoms with E-state index in [-0.39, 0.29) is 17.3 Å². The van der Waals surface area contributed by atoms with Gasteiger partial charge >= 0.3 is 0 Å². The summed E-state index contributed by atoms with van der Waals surface area (Å²) in [5, 5.41) is 0. The Kier molecular flexibility index (Phi) is 6.09. The third-order valence-electron chi connectivity index (χ3n) is 9.14. The summed E-state index contributed by atoms with van der Waals surface area (Å²) in [5.74, 6) is -1.63. The van der Waals surface area contributed by atoms with Crippen LogP contribution >= 0.6 is 0 Å². The Morgan fingerprint density at radius 1 is 0.860 bits per heavy atom. The number of benzene rings is 4. The highest BCUT2D eigenvalue weighted by molar-refractivity contribution is 6.32. The maximum atomic E-state index is 14.8. The van der Waals surface area contributed by atoms with Crippen LogP contribution in [0.1, 0.15) is 53.7 Å². The van der Waals surface area contributed by atoms with Crippen LogP contribution in [-0.2, 0) is 0 Å². The predicted octanol–water partition coefficient (Wildman–Crippen LogP) is 6.47. The summed E-state index contributed by atoms with van der Waals surface area (Å²) in [7, 11) is 3.01. The molecular formula is C36H28FNO5. The van der Waals surface area contributed by atoms with Gasteiger partial charge in [-0.25, -0.2) is 4.39 Å². The number of anilines is 1. The molecule has 2 heterocycles. The Hall–Kier alpha value is -5.04. The highest BCUT2D eigenvalue weighted by Gasteiger charge is 2.72. The molecule has 43 heavy (non-hydrogen) atoms. The minimum atomic E-state index is -1.71. The molecule has 6 nitrogen and oxygen atoms in total. The summed E-state index contributed by atoms with van der Waals surface area (Å²) < 4.78 is 26.0. The van der Waals surface area contributed by atoms with Crippen LogP contribution in [0.15, 0.2) is 91.0 Å². The average molecular weight is 574 g/mol. The lowest BCUT2D eigenvalue weighted by Crippen LogP contribution is -2.48. The number of ketones is 3. The maximum Gasteiger partial charge on any atom is 0.185 e. The van der Waals surface area contributed by atoms with Crippen molar-refractivity contribution in [2.45, 2.75) is 24.9 Å². The highest BCUT2D eigenvalue weighted by Crippen LogP contribution is 2.62. The first-order valence-electron chi connectivity index (χ1n) is 14.1. The van der Waals surface area contributed by atoms with E-state index in [0.717, 1.165) is 5.56 Å². The molecule has 7 heteroatoms. The van der Waals surface area contributed by atoms with E-state index < -0.39 is 29.2 Å². The highest BCUT2D eigenvalue weighted by atomic mass is 19.1. The first kappa shape index (κ1) is 26.8. The molecule has 1 spiro atoms. The SMILES string of the molecule is COc1cccc([C@H]2[C@H](C(=O)c3ccc(C)cc3)N3c4ccc(F)cc4C=C[C@@H]3C23C(=O)c2ccccc2C3=O)c1OC. The quantitative estimate of drug-likeness (QED) is 0.201. The van der Waals surface area contributed by atoms with Crippen molar-refractivity contribution in [3.63, 3.8) is 0 Å². The normalized spacial score (nSPS) is 21.0. The van der Waals surface area contributed by atoms with Crippen molar-refractivity contribution in [2.24, 2.45) is 5.41 Å². The van der Waals surface area contributed by atoms with Gasteiger partial charge in [-0.3, -0.25) is 14.4 Å². The molecule has 0 unspecified atom stereocenters. The summed E-state index contributed by atoms with van der Waals surface area (Å²) in [4.78, 5) is 46.3. The van der Waals surface area contributed by atoms with Crippen molar-refractivity contribution < 1.29 is 28.2 Å². The minimum absolute atomic E-state index is 0.265. The third kappa shape index (κ3) is 3.60. The van der Waals surface area contributed by atoms with E-state index in [1.165, 1.54) is 26.4 Å². The van der Waals surface area contributed by atoms with Gasteiger partial charge in [0.15, 0.2) is 28.8 Å². The van der Waals surface area contributed by atoms with Crippen LogP contribution in [-0.4, -0.2) is 43.7 Å². The summed E-state index contributed by atoms with van der Waals surface area (Å²) in [6, 6.07) is 21.8. The first-order valence-corrected chi connectivity index (χ1v) is 14.1. The zero-order valence-corrected chi connectivity index (χ0v) is 23.8. The molecule has 7 rings (SSSR count). The van der Waals surface area contributed by atoms with Crippen LogP contribution in [0.2, 0.25) is 0 Å². The van der Waals surface area contributed by atoms with Gasteiger partial charge in [0, 0.05) is 39.4 Å². The van der Waals surface area contributed by atoms with Gasteiger partial charge in [-0.15, -0.1) is 0 Å². The lowest BCUT2D eigenvalue weighted by Gasteiger charge is -2.37. The topological polar surface area (TPSA) is 72.9 Å². The molecule has 1 aliphatic carbocycles. The van der Waals surface area contributed by atoms with E-state index in [4.69, 9.17) is 9.47 Å². The van der Waals surface area contributed by atoms with Gasteiger partial charge in [0.1, 0.15) is 17.3 Å². The number of nitrogens with zero attached hydrogens (tertiary/aromatic N) is 1. The van der Waals surface area contributed by atoms with Crippen LogP contribution in [0.25, 0.3) is 6.08 Å². The molecule has 1 saturated heterocycles. The number of halogens is 1. The van der Waals surface area contributed by atoms with Gasteiger partial charge in [0.2, 0.25) is 0 Å². The zero-order valence-electron chi connectivity index (χ0n) is 23.8. The molecule has 4 aromatic carbocycles. The molecule has 2 aliphatic heterocycles. The number of Topliss-reactive ketones (excluding diaryl/α,β-unsaturated/α-hetero) is 3.